The molecule has 4 aliphatic carbocycles. The van der Waals surface area contributed by atoms with E-state index in [1.54, 1.807) is 88.3 Å². The molecule has 27 heteroatoms. The largest absolute Gasteiger partial charge is 0.497 e. The Labute approximate surface area is 797 Å². The number of fused-ring (bicyclic) bond motifs is 6. The molecule has 5 heterocycles. The van der Waals surface area contributed by atoms with Gasteiger partial charge in [0.25, 0.3) is 19.4 Å². The summed E-state index contributed by atoms with van der Waals surface area (Å²) in [6, 6.07) is 62.7. The number of ketones is 3. The van der Waals surface area contributed by atoms with Gasteiger partial charge in [-0.15, -0.1) is 45.3 Å². The first-order chi connectivity index (χ1) is 66.1. The molecule has 1 aliphatic heterocycles. The third kappa shape index (κ3) is 20.9. The maximum Gasteiger partial charge on any atom is 0.419 e. The fourth-order valence-electron chi connectivity index (χ4n) is 16.2. The number of methoxy groups -OCH3 is 4. The van der Waals surface area contributed by atoms with E-state index in [9.17, 15) is 42.7 Å². The molecule has 0 bridgehead atoms. The molecule has 4 unspecified atom stereocenters. The Balaban J connectivity index is 0.000000131. The van der Waals surface area contributed by atoms with Crippen molar-refractivity contribution in [3.8, 4) is 57.5 Å². The van der Waals surface area contributed by atoms with Gasteiger partial charge in [-0.3, -0.25) is 43.9 Å². The number of carbonyl (C=O) groups is 8. The Hall–Kier alpha value is -15.7. The van der Waals surface area contributed by atoms with Gasteiger partial charge in [0, 0.05) is 85.9 Å². The molecule has 0 spiro atoms. The summed E-state index contributed by atoms with van der Waals surface area (Å²) < 4.78 is 83.3. The van der Waals surface area contributed by atoms with Crippen molar-refractivity contribution in [2.75, 3.05) is 33.8 Å². The Bertz CT molecular complexity index is 7100. The second-order valence-corrected chi connectivity index (χ2v) is 36.1. The van der Waals surface area contributed by atoms with Crippen molar-refractivity contribution >= 4 is 153 Å². The molecule has 1 amide bonds. The topological polar surface area (TPSA) is 272 Å². The average Bonchev–Trinajstić information content (AvgIpc) is 1.55. The molecule has 4 atom stereocenters. The number of anilines is 1. The van der Waals surface area contributed by atoms with Crippen LogP contribution < -0.4 is 43.2 Å². The fourth-order valence-corrected chi connectivity index (χ4v) is 20.9. The van der Waals surface area contributed by atoms with Crippen molar-refractivity contribution in [2.24, 2.45) is 22.7 Å². The number of thiophene rings is 4. The summed E-state index contributed by atoms with van der Waals surface area (Å²) >= 11 is 5.84. The number of aliphatic imine (C=N–C) groups is 1. The summed E-state index contributed by atoms with van der Waals surface area (Å²) in [5.74, 6) is 8.26. The minimum Gasteiger partial charge on any atom is -0.497 e. The van der Waals surface area contributed by atoms with Crippen LogP contribution in [-0.4, -0.2) is 90.0 Å². The Morgan fingerprint density at radius 2 is 0.868 bits per heavy atom. The van der Waals surface area contributed by atoms with Gasteiger partial charge in [-0.2, -0.15) is 0 Å². The molecule has 5 aliphatic rings. The predicted molar refractivity (Wildman–Crippen MR) is 527 cm³/mol. The number of nitrogens with zero attached hydrogens (tertiary/aromatic N) is 1. The first kappa shape index (κ1) is 93.5. The van der Waals surface area contributed by atoms with Gasteiger partial charge in [0.1, 0.15) is 83.7 Å². The number of halogens is 1. The van der Waals surface area contributed by atoms with Crippen LogP contribution in [0.15, 0.2) is 301 Å². The van der Waals surface area contributed by atoms with Gasteiger partial charge in [-0.05, 0) is 251 Å². The van der Waals surface area contributed by atoms with E-state index < -0.39 is 6.09 Å². The lowest BCUT2D eigenvalue weighted by Gasteiger charge is -2.24. The molecule has 4 aromatic heterocycles. The highest BCUT2D eigenvalue weighted by atomic mass is 32.1. The third-order valence-corrected chi connectivity index (χ3v) is 27.9. The summed E-state index contributed by atoms with van der Waals surface area (Å²) in [7, 11) is 6.49. The molecular formula is C109H87FN2O20S4. The lowest BCUT2D eigenvalue weighted by Crippen LogP contribution is -2.21. The smallest absolute Gasteiger partial charge is 0.419 e. The van der Waals surface area contributed by atoms with Gasteiger partial charge in [0.05, 0.1) is 51.8 Å². The Morgan fingerprint density at radius 3 is 1.36 bits per heavy atom. The molecule has 14 aromatic rings. The number of hydrogen-bond acceptors (Lipinski definition) is 25. The summed E-state index contributed by atoms with van der Waals surface area (Å²) in [4.78, 5) is 101. The van der Waals surface area contributed by atoms with Gasteiger partial charge in [-0.25, -0.2) is 9.18 Å². The third-order valence-electron chi connectivity index (χ3n) is 23.2. The van der Waals surface area contributed by atoms with Gasteiger partial charge < -0.3 is 56.8 Å². The molecule has 136 heavy (non-hydrogen) atoms. The van der Waals surface area contributed by atoms with Gasteiger partial charge in [0.15, 0.2) is 17.2 Å². The summed E-state index contributed by atoms with van der Waals surface area (Å²) in [6.07, 6.45) is 24.8. The van der Waals surface area contributed by atoms with Gasteiger partial charge in [0.2, 0.25) is 17.3 Å². The number of benzene rings is 10. The molecule has 22 nitrogen and oxygen atoms in total. The lowest BCUT2D eigenvalue weighted by atomic mass is 9.84. The highest BCUT2D eigenvalue weighted by Gasteiger charge is 2.50. The van der Waals surface area contributed by atoms with Crippen LogP contribution in [0.4, 0.5) is 14.9 Å². The highest BCUT2D eigenvalue weighted by Crippen LogP contribution is 2.62. The summed E-state index contributed by atoms with van der Waals surface area (Å²) in [5.41, 5.74) is 8.93. The van der Waals surface area contributed by atoms with Crippen molar-refractivity contribution in [2.45, 2.75) is 58.9 Å². The number of carbonyl (C=O) groups excluding carboxylic acids is 8. The molecular weight excluding hydrogens is 1800 g/mol. The van der Waals surface area contributed by atoms with Crippen LogP contribution in [0.25, 0.3) is 46.4 Å². The standard InChI is InChI=1S/C28H23FO4S.C28H22O5S.C27H21NO5S.C26H21NO6S/c1-18-15-20(29)5-10-24(18)28(12-13-28)27-26(23-9-8-22(31-2)16-25(23)34-27)33-21-6-3-19(4-7-21)11-14-32-17-30;1-17-5-3-4-6-23(17)26(30)28-27(24-12-11-20(31-2)15-25(24)34-28)33-22-10-8-18-13-21(32-16-29)9-7-19(18)14-22;1-16-5-3-4-6-21(16)25(30)27-26(22-10-9-18(31-2)13-24(22)34-27)33-19-8-7-17-11-20(32-15-29)14-28-23(17)12-19;1-15-4-10-20(16(2)12-15)23(29)25-24(21-11-9-19(31-3)13-22(21)34-25)33-18-7-5-17(6-8-18)27-26(30)32-14-28/h3-11,14-17H,12-13H2,1-2H3;3-16,18-19H,1-2H3;3-15,17,23H,1-2H3;4-14H,1-3H3,(H,27,30)/b14-11+;;;. The number of allylic oxidation sites excluding steroid dienone is 8. The quantitative estimate of drug-likeness (QED) is 0.0150. The maximum atomic E-state index is 13.8. The zero-order valence-electron chi connectivity index (χ0n) is 74.8. The molecule has 684 valence electrons. The molecule has 1 fully saturated rings. The minimum absolute atomic E-state index is 0.0381. The van der Waals surface area contributed by atoms with E-state index >= 15 is 0 Å². The van der Waals surface area contributed by atoms with E-state index in [0.717, 1.165) is 114 Å². The van der Waals surface area contributed by atoms with E-state index in [4.69, 9.17) is 47.4 Å². The number of aryl methyl sites for hydroxylation is 5. The Morgan fingerprint density at radius 1 is 0.419 bits per heavy atom. The number of dihydropyridines is 1. The van der Waals surface area contributed by atoms with Crippen molar-refractivity contribution in [3.05, 3.63) is 377 Å². The zero-order chi connectivity index (χ0) is 95.3. The number of hydrogen-bond donors (Lipinski definition) is 1. The van der Waals surface area contributed by atoms with Crippen molar-refractivity contribution in [1.82, 2.24) is 0 Å². The first-order valence-electron chi connectivity index (χ1n) is 42.8. The monoisotopic (exact) mass is 1890 g/mol. The summed E-state index contributed by atoms with van der Waals surface area (Å²) in [5, 5.41) is 5.93. The molecule has 10 aromatic carbocycles. The van der Waals surface area contributed by atoms with Crippen LogP contribution in [0.5, 0.6) is 57.5 Å². The van der Waals surface area contributed by atoms with Crippen molar-refractivity contribution in [1.29, 1.82) is 0 Å². The maximum absolute atomic E-state index is 13.8. The van der Waals surface area contributed by atoms with E-state index in [-0.39, 0.29) is 58.8 Å². The van der Waals surface area contributed by atoms with Crippen LogP contribution in [0.3, 0.4) is 0 Å². The lowest BCUT2D eigenvalue weighted by molar-refractivity contribution is -0.125. The summed E-state index contributed by atoms with van der Waals surface area (Å²) in [6.45, 7) is 11.0. The molecule has 1 saturated carbocycles. The highest BCUT2D eigenvalue weighted by molar-refractivity contribution is 7.22. The number of nitrogens with one attached hydrogen (secondary N) is 1. The molecule has 1 N–H and O–H groups in total. The fraction of sp³-hybridized carbons (Fsp3) is 0.147. The Kier molecular flexibility index (Phi) is 28.9. The van der Waals surface area contributed by atoms with Gasteiger partial charge >= 0.3 is 12.6 Å². The van der Waals surface area contributed by atoms with E-state index in [1.165, 1.54) is 46.5 Å². The average molecular weight is 1890 g/mol. The van der Waals surface area contributed by atoms with E-state index in [1.807, 2.05) is 259 Å². The SMILES string of the molecule is COc1ccc2c(OC3=CC4C=CC(OC=O)=CC4C=C3)c(C(=O)c3ccccc3C)sc2c1.COc1ccc2c(OC3=CC4N=CC(OC=O)=CC4C=C3)c(C(=O)c3ccccc3C)sc2c1.COc1ccc2c(Oc3ccc(/C=C/OC=O)cc3)c(C3(c4ccc(F)cc4C)CC3)sc2c1.COc1ccc2c(Oc3ccc(NC(=O)OC=O)cc3)c(C(=O)c3ccc(C)cc3C)sc2c1. The molecule has 0 radical (unpaired) electrons. The normalized spacial score (nSPS) is 15.5. The van der Waals surface area contributed by atoms with E-state index in [2.05, 4.69) is 19.8 Å². The van der Waals surface area contributed by atoms with E-state index in [0.29, 0.717) is 120 Å². The van der Waals surface area contributed by atoms with Crippen LogP contribution >= 0.6 is 45.3 Å². The van der Waals surface area contributed by atoms with Crippen LogP contribution in [0.2, 0.25) is 0 Å². The van der Waals surface area contributed by atoms with Gasteiger partial charge in [-0.1, -0.05) is 109 Å². The number of amides is 1. The van der Waals surface area contributed by atoms with Crippen molar-refractivity contribution < 1.29 is 99.6 Å². The molecule has 19 rings (SSSR count). The van der Waals surface area contributed by atoms with Crippen molar-refractivity contribution in [3.63, 3.8) is 0 Å². The predicted octanol–water partition coefficient (Wildman–Crippen LogP) is 25.2. The first-order valence-corrected chi connectivity index (χ1v) is 46.1. The molecule has 0 saturated heterocycles. The zero-order valence-corrected chi connectivity index (χ0v) is 78.1. The van der Waals surface area contributed by atoms with Crippen LogP contribution in [0, 0.1) is 58.2 Å². The number of rotatable bonds is 29. The van der Waals surface area contributed by atoms with Crippen LogP contribution in [-0.2, 0) is 43.5 Å². The second kappa shape index (κ2) is 42.0. The second-order valence-electron chi connectivity index (χ2n) is 31.9. The number of ether oxygens (including phenoxy) is 12. The minimum atomic E-state index is -0.886. The van der Waals surface area contributed by atoms with Crippen LogP contribution in [0.1, 0.15) is 102 Å².